The average molecular weight is 454 g/mol. The first-order valence-electron chi connectivity index (χ1n) is 10.7. The van der Waals surface area contributed by atoms with Crippen LogP contribution in [-0.2, 0) is 16.1 Å². The predicted molar refractivity (Wildman–Crippen MR) is 119 cm³/mol. The van der Waals surface area contributed by atoms with E-state index in [-0.39, 0.29) is 23.1 Å². The van der Waals surface area contributed by atoms with Crippen LogP contribution in [0, 0.1) is 10.1 Å². The maximum atomic E-state index is 11.9. The molecule has 31 heavy (non-hydrogen) atoms. The van der Waals surface area contributed by atoms with E-state index in [1.807, 2.05) is 41.7 Å². The van der Waals surface area contributed by atoms with Crippen LogP contribution in [0.3, 0.4) is 0 Å². The number of hydrogen-bond acceptors (Lipinski definition) is 8. The van der Waals surface area contributed by atoms with E-state index in [9.17, 15) is 14.9 Å². The molecule has 2 rings (SSSR count). The number of pyridine rings is 1. The van der Waals surface area contributed by atoms with Gasteiger partial charge in [0.1, 0.15) is 5.15 Å². The van der Waals surface area contributed by atoms with Crippen LogP contribution in [0.4, 0.5) is 0 Å². The second kappa shape index (κ2) is 12.5. The van der Waals surface area contributed by atoms with Crippen molar-refractivity contribution in [1.82, 2.24) is 19.7 Å². The first-order valence-corrected chi connectivity index (χ1v) is 11.1. The van der Waals surface area contributed by atoms with Crippen LogP contribution in [0.5, 0.6) is 0 Å². The molecule has 1 aromatic heterocycles. The van der Waals surface area contributed by atoms with E-state index in [0.29, 0.717) is 56.7 Å². The highest BCUT2D eigenvalue weighted by Crippen LogP contribution is 2.24. The van der Waals surface area contributed by atoms with Crippen LogP contribution in [0.1, 0.15) is 45.1 Å². The zero-order chi connectivity index (χ0) is 22.8. The standard InChI is InChI=1S/C21H32ClN5O4/c1-4-6-12-31-20(28)8-7-11-25-15-18(27(29)30)21(24(3)16-25)26(5-2)14-17-9-10-19(22)23-13-17/h9-10,13H,4-8,11-12,14-16H2,1-3H3. The lowest BCUT2D eigenvalue weighted by atomic mass is 10.2. The van der Waals surface area contributed by atoms with Gasteiger partial charge in [-0.1, -0.05) is 31.0 Å². The van der Waals surface area contributed by atoms with Gasteiger partial charge in [0.25, 0.3) is 5.70 Å². The normalized spacial score (nSPS) is 14.6. The number of carbonyl (C=O) groups is 1. The third-order valence-corrected chi connectivity index (χ3v) is 5.31. The van der Waals surface area contributed by atoms with E-state index in [1.165, 1.54) is 0 Å². The molecule has 2 heterocycles. The van der Waals surface area contributed by atoms with Crippen LogP contribution in [0.15, 0.2) is 29.8 Å². The number of rotatable bonds is 12. The molecule has 0 saturated carbocycles. The maximum Gasteiger partial charge on any atom is 0.305 e. The van der Waals surface area contributed by atoms with Crippen LogP contribution < -0.4 is 0 Å². The molecule has 172 valence electrons. The zero-order valence-corrected chi connectivity index (χ0v) is 19.3. The van der Waals surface area contributed by atoms with E-state index in [1.54, 1.807) is 12.3 Å². The number of unbranched alkanes of at least 4 members (excludes halogenated alkanes) is 1. The minimum atomic E-state index is -0.306. The number of ether oxygens (including phenoxy) is 1. The van der Waals surface area contributed by atoms with E-state index in [2.05, 4.69) is 4.98 Å². The summed E-state index contributed by atoms with van der Waals surface area (Å²) >= 11 is 5.86. The summed E-state index contributed by atoms with van der Waals surface area (Å²) in [6, 6.07) is 3.59. The smallest absolute Gasteiger partial charge is 0.305 e. The molecule has 0 spiro atoms. The predicted octanol–water partition coefficient (Wildman–Crippen LogP) is 3.33. The number of nitro groups is 1. The topological polar surface area (TPSA) is 92.0 Å². The molecule has 0 fully saturated rings. The summed E-state index contributed by atoms with van der Waals surface area (Å²) in [5, 5.41) is 12.3. The molecular weight excluding hydrogens is 422 g/mol. The van der Waals surface area contributed by atoms with Crippen molar-refractivity contribution in [2.24, 2.45) is 0 Å². The van der Waals surface area contributed by atoms with Crippen molar-refractivity contribution in [2.45, 2.75) is 46.1 Å². The van der Waals surface area contributed by atoms with Crippen LogP contribution in [0.2, 0.25) is 5.15 Å². The number of hydrogen-bond donors (Lipinski definition) is 0. The largest absolute Gasteiger partial charge is 0.466 e. The fraction of sp³-hybridized carbons (Fsp3) is 0.619. The highest BCUT2D eigenvalue weighted by Gasteiger charge is 2.33. The minimum absolute atomic E-state index is 0.156. The molecule has 0 bridgehead atoms. The van der Waals surface area contributed by atoms with Crippen molar-refractivity contribution in [3.8, 4) is 0 Å². The minimum Gasteiger partial charge on any atom is -0.466 e. The highest BCUT2D eigenvalue weighted by molar-refractivity contribution is 6.29. The number of carbonyl (C=O) groups excluding carboxylic acids is 1. The molecule has 0 atom stereocenters. The van der Waals surface area contributed by atoms with Gasteiger partial charge >= 0.3 is 5.97 Å². The van der Waals surface area contributed by atoms with Crippen molar-refractivity contribution < 1.29 is 14.5 Å². The van der Waals surface area contributed by atoms with E-state index in [0.717, 1.165) is 18.4 Å². The van der Waals surface area contributed by atoms with Gasteiger partial charge in [-0.2, -0.15) is 0 Å². The van der Waals surface area contributed by atoms with E-state index < -0.39 is 0 Å². The van der Waals surface area contributed by atoms with Crippen molar-refractivity contribution in [3.63, 3.8) is 0 Å². The molecule has 1 aromatic rings. The Hall–Kier alpha value is -2.39. The lowest BCUT2D eigenvalue weighted by Crippen LogP contribution is -2.48. The fourth-order valence-corrected chi connectivity index (χ4v) is 3.65. The molecule has 0 aliphatic carbocycles. The van der Waals surface area contributed by atoms with Gasteiger partial charge in [-0.15, -0.1) is 0 Å². The quantitative estimate of drug-likeness (QED) is 0.156. The second-order valence-electron chi connectivity index (χ2n) is 7.60. The van der Waals surface area contributed by atoms with Gasteiger partial charge in [0.2, 0.25) is 0 Å². The molecule has 1 aliphatic heterocycles. The van der Waals surface area contributed by atoms with Gasteiger partial charge in [-0.25, -0.2) is 4.98 Å². The van der Waals surface area contributed by atoms with Crippen molar-refractivity contribution in [1.29, 1.82) is 0 Å². The summed E-state index contributed by atoms with van der Waals surface area (Å²) in [5.41, 5.74) is 1.09. The fourth-order valence-electron chi connectivity index (χ4n) is 3.54. The number of halogens is 1. The number of nitrogens with zero attached hydrogens (tertiary/aromatic N) is 5. The van der Waals surface area contributed by atoms with E-state index in [4.69, 9.17) is 16.3 Å². The summed E-state index contributed by atoms with van der Waals surface area (Å²) in [6.07, 6.45) is 4.45. The molecule has 0 aromatic carbocycles. The SMILES string of the molecule is CCCCOC(=O)CCCN1CC([N+](=O)[O-])=C(N(CC)Cc2ccc(Cl)nc2)N(C)C1. The monoisotopic (exact) mass is 453 g/mol. The van der Waals surface area contributed by atoms with Gasteiger partial charge in [0, 0.05) is 39.3 Å². The lowest BCUT2D eigenvalue weighted by molar-refractivity contribution is -0.433. The molecule has 0 radical (unpaired) electrons. The third-order valence-electron chi connectivity index (χ3n) is 5.09. The Morgan fingerprint density at radius 1 is 1.35 bits per heavy atom. The van der Waals surface area contributed by atoms with Crippen molar-refractivity contribution >= 4 is 17.6 Å². The average Bonchev–Trinajstić information content (AvgIpc) is 2.73. The van der Waals surface area contributed by atoms with Gasteiger partial charge in [0.15, 0.2) is 5.82 Å². The summed E-state index contributed by atoms with van der Waals surface area (Å²) in [5.74, 6) is 0.399. The summed E-state index contributed by atoms with van der Waals surface area (Å²) in [6.45, 7) is 6.95. The van der Waals surface area contributed by atoms with Gasteiger partial charge in [-0.05, 0) is 31.4 Å². The summed E-state index contributed by atoms with van der Waals surface area (Å²) in [4.78, 5) is 33.3. The highest BCUT2D eigenvalue weighted by atomic mass is 35.5. The Balaban J connectivity index is 2.03. The van der Waals surface area contributed by atoms with Crippen LogP contribution >= 0.6 is 11.6 Å². The van der Waals surface area contributed by atoms with Gasteiger partial charge in [0.05, 0.1) is 24.7 Å². The molecule has 0 N–H and O–H groups in total. The Labute approximate surface area is 188 Å². The molecule has 0 amide bonds. The van der Waals surface area contributed by atoms with Gasteiger partial charge < -0.3 is 14.5 Å². The van der Waals surface area contributed by atoms with E-state index >= 15 is 0 Å². The van der Waals surface area contributed by atoms with Crippen LogP contribution in [-0.4, -0.2) is 70.5 Å². The first-order chi connectivity index (χ1) is 14.8. The van der Waals surface area contributed by atoms with Crippen molar-refractivity contribution in [2.75, 3.05) is 40.0 Å². The molecule has 0 saturated heterocycles. The molecular formula is C21H32ClN5O4. The molecule has 0 unspecified atom stereocenters. The second-order valence-corrected chi connectivity index (χ2v) is 7.99. The Morgan fingerprint density at radius 3 is 2.74 bits per heavy atom. The maximum absolute atomic E-state index is 11.9. The van der Waals surface area contributed by atoms with Crippen LogP contribution in [0.25, 0.3) is 0 Å². The summed E-state index contributed by atoms with van der Waals surface area (Å²) < 4.78 is 5.17. The van der Waals surface area contributed by atoms with Gasteiger partial charge in [-0.3, -0.25) is 19.8 Å². The van der Waals surface area contributed by atoms with Crippen molar-refractivity contribution in [3.05, 3.63) is 50.7 Å². The Bertz CT molecular complexity index is 772. The summed E-state index contributed by atoms with van der Waals surface area (Å²) in [7, 11) is 1.85. The first kappa shape index (κ1) is 24.9. The zero-order valence-electron chi connectivity index (χ0n) is 18.6. The molecule has 10 heteroatoms. The Kier molecular flexibility index (Phi) is 10.00. The third kappa shape index (κ3) is 7.66. The number of esters is 1. The number of aromatic nitrogens is 1. The Morgan fingerprint density at radius 2 is 2.13 bits per heavy atom. The lowest BCUT2D eigenvalue weighted by Gasteiger charge is -2.39. The molecule has 1 aliphatic rings. The molecule has 9 nitrogen and oxygen atoms in total.